The Bertz CT molecular complexity index is 527. The van der Waals surface area contributed by atoms with E-state index in [0.717, 1.165) is 21.1 Å². The van der Waals surface area contributed by atoms with E-state index in [0.29, 0.717) is 11.7 Å². The van der Waals surface area contributed by atoms with Crippen LogP contribution in [0.1, 0.15) is 5.56 Å². The Kier molecular flexibility index (Phi) is 2.44. The number of hydrogen-bond donors (Lipinski definition) is 1. The van der Waals surface area contributed by atoms with Gasteiger partial charge in [0.2, 0.25) is 5.28 Å². The van der Waals surface area contributed by atoms with E-state index in [4.69, 9.17) is 16.9 Å². The predicted molar refractivity (Wildman–Crippen MR) is 58.1 cm³/mol. The Morgan fingerprint density at radius 2 is 2.36 bits per heavy atom. The van der Waals surface area contributed by atoms with Crippen molar-refractivity contribution in [1.82, 2.24) is 9.97 Å². The van der Waals surface area contributed by atoms with E-state index in [2.05, 4.69) is 32.0 Å². The lowest BCUT2D eigenvalue weighted by molar-refractivity contribution is 1.26. The number of nitrogens with zero attached hydrogens (tertiary/aromatic N) is 2. The summed E-state index contributed by atoms with van der Waals surface area (Å²) in [6, 6.07) is 5.84. The van der Waals surface area contributed by atoms with Crippen LogP contribution in [0.15, 0.2) is 16.6 Å². The number of imidazole rings is 1. The molecule has 0 aliphatic rings. The van der Waals surface area contributed by atoms with E-state index in [9.17, 15) is 0 Å². The second-order valence-corrected chi connectivity index (χ2v) is 4.00. The molecule has 0 aliphatic carbocycles. The van der Waals surface area contributed by atoms with Crippen LogP contribution in [-0.2, 0) is 6.42 Å². The summed E-state index contributed by atoms with van der Waals surface area (Å²) in [5, 5.41) is 8.96. The third-order valence-electron chi connectivity index (χ3n) is 1.92. The molecule has 0 unspecified atom stereocenters. The largest absolute Gasteiger partial charge is 0.328 e. The van der Waals surface area contributed by atoms with E-state index in [1.54, 1.807) is 0 Å². The van der Waals surface area contributed by atoms with Gasteiger partial charge in [-0.2, -0.15) is 5.26 Å². The molecule has 0 atom stereocenters. The van der Waals surface area contributed by atoms with E-state index in [1.165, 1.54) is 0 Å². The maximum atomic E-state index is 8.62. The Hall–Kier alpha value is -1.05. The summed E-state index contributed by atoms with van der Waals surface area (Å²) in [4.78, 5) is 7.04. The fourth-order valence-electron chi connectivity index (χ4n) is 1.31. The molecule has 0 spiro atoms. The number of fused-ring (bicyclic) bond motifs is 1. The second kappa shape index (κ2) is 3.60. The van der Waals surface area contributed by atoms with Gasteiger partial charge in [0, 0.05) is 4.47 Å². The fourth-order valence-corrected chi connectivity index (χ4v) is 1.91. The molecule has 0 radical (unpaired) electrons. The molecule has 0 fully saturated rings. The zero-order valence-corrected chi connectivity index (χ0v) is 9.35. The summed E-state index contributed by atoms with van der Waals surface area (Å²) in [5.41, 5.74) is 2.47. The highest BCUT2D eigenvalue weighted by Gasteiger charge is 2.08. The molecule has 0 saturated carbocycles. The smallest absolute Gasteiger partial charge is 0.201 e. The molecule has 5 heteroatoms. The van der Waals surface area contributed by atoms with Gasteiger partial charge in [-0.1, -0.05) is 6.07 Å². The first-order valence-electron chi connectivity index (χ1n) is 3.92. The number of H-pyrrole nitrogens is 1. The van der Waals surface area contributed by atoms with Gasteiger partial charge in [-0.3, -0.25) is 0 Å². The van der Waals surface area contributed by atoms with Gasteiger partial charge in [-0.15, -0.1) is 0 Å². The molecule has 2 rings (SSSR count). The van der Waals surface area contributed by atoms with Crippen molar-refractivity contribution >= 4 is 38.6 Å². The van der Waals surface area contributed by atoms with Gasteiger partial charge in [-0.25, -0.2) is 4.98 Å². The minimum Gasteiger partial charge on any atom is -0.328 e. The van der Waals surface area contributed by atoms with Gasteiger partial charge >= 0.3 is 0 Å². The van der Waals surface area contributed by atoms with Crippen molar-refractivity contribution in [2.45, 2.75) is 6.42 Å². The van der Waals surface area contributed by atoms with E-state index in [1.807, 2.05) is 12.1 Å². The summed E-state index contributed by atoms with van der Waals surface area (Å²) in [6.07, 6.45) is 0.338. The molecule has 1 aromatic heterocycles. The zero-order valence-electron chi connectivity index (χ0n) is 7.01. The molecule has 70 valence electrons. The van der Waals surface area contributed by atoms with Crippen LogP contribution in [-0.4, -0.2) is 9.97 Å². The van der Waals surface area contributed by atoms with Crippen LogP contribution in [0.4, 0.5) is 0 Å². The number of hydrogen-bond acceptors (Lipinski definition) is 2. The SMILES string of the molecule is N#CCc1ccc(Br)c2[nH]c(Cl)nc12. The summed E-state index contributed by atoms with van der Waals surface area (Å²) in [6.45, 7) is 0. The maximum absolute atomic E-state index is 8.62. The first kappa shape index (κ1) is 9.50. The number of nitrogens with one attached hydrogen (secondary N) is 1. The molecule has 1 heterocycles. The third-order valence-corrected chi connectivity index (χ3v) is 2.76. The molecular weight excluding hydrogens is 265 g/mol. The lowest BCUT2D eigenvalue weighted by Crippen LogP contribution is -1.84. The molecule has 1 N–H and O–H groups in total. The molecule has 0 bridgehead atoms. The molecule has 0 aliphatic heterocycles. The average Bonchev–Trinajstić information content (AvgIpc) is 2.53. The normalized spacial score (nSPS) is 10.4. The van der Waals surface area contributed by atoms with Crippen LogP contribution in [0.5, 0.6) is 0 Å². The van der Waals surface area contributed by atoms with Gasteiger partial charge in [0.1, 0.15) is 0 Å². The second-order valence-electron chi connectivity index (χ2n) is 2.79. The molecule has 14 heavy (non-hydrogen) atoms. The Morgan fingerprint density at radius 1 is 1.57 bits per heavy atom. The highest BCUT2D eigenvalue weighted by molar-refractivity contribution is 9.10. The highest BCUT2D eigenvalue weighted by Crippen LogP contribution is 2.26. The van der Waals surface area contributed by atoms with E-state index < -0.39 is 0 Å². The lowest BCUT2D eigenvalue weighted by atomic mass is 10.1. The van der Waals surface area contributed by atoms with Crippen LogP contribution >= 0.6 is 27.5 Å². The predicted octanol–water partition coefficient (Wildman–Crippen LogP) is 3.04. The van der Waals surface area contributed by atoms with Crippen molar-refractivity contribution < 1.29 is 0 Å². The molecule has 0 saturated heterocycles. The highest BCUT2D eigenvalue weighted by atomic mass is 79.9. The standard InChI is InChI=1S/C9H5BrClN3/c10-6-2-1-5(3-4-12)7-8(6)14-9(11)13-7/h1-2H,3H2,(H,13,14). The summed E-state index contributed by atoms with van der Waals surface area (Å²) < 4.78 is 0.897. The molecule has 1 aromatic carbocycles. The molecular formula is C9H5BrClN3. The van der Waals surface area contributed by atoms with Crippen LogP contribution < -0.4 is 0 Å². The summed E-state index contributed by atoms with van der Waals surface area (Å²) in [5.74, 6) is 0. The van der Waals surface area contributed by atoms with Crippen molar-refractivity contribution in [3.63, 3.8) is 0 Å². The minimum absolute atomic E-state index is 0.338. The van der Waals surface area contributed by atoms with Gasteiger partial charge in [0.15, 0.2) is 0 Å². The van der Waals surface area contributed by atoms with Crippen molar-refractivity contribution in [2.75, 3.05) is 0 Å². The first-order chi connectivity index (χ1) is 6.72. The van der Waals surface area contributed by atoms with Crippen LogP contribution in [0.3, 0.4) is 0 Å². The minimum atomic E-state index is 0.338. The molecule has 2 aromatic rings. The Balaban J connectivity index is 2.75. The van der Waals surface area contributed by atoms with Crippen molar-refractivity contribution in [3.05, 3.63) is 27.5 Å². The number of benzene rings is 1. The summed E-state index contributed by atoms with van der Waals surface area (Å²) >= 11 is 9.14. The lowest BCUT2D eigenvalue weighted by Gasteiger charge is -1.97. The molecule has 3 nitrogen and oxygen atoms in total. The first-order valence-corrected chi connectivity index (χ1v) is 5.09. The van der Waals surface area contributed by atoms with Gasteiger partial charge in [-0.05, 0) is 39.2 Å². The number of aromatic nitrogens is 2. The monoisotopic (exact) mass is 269 g/mol. The van der Waals surface area contributed by atoms with Crippen LogP contribution in [0, 0.1) is 11.3 Å². The average molecular weight is 271 g/mol. The van der Waals surface area contributed by atoms with Gasteiger partial charge in [0.05, 0.1) is 23.5 Å². The fraction of sp³-hybridized carbons (Fsp3) is 0.111. The quantitative estimate of drug-likeness (QED) is 0.866. The Labute approximate surface area is 93.8 Å². The topological polar surface area (TPSA) is 52.5 Å². The van der Waals surface area contributed by atoms with Gasteiger partial charge < -0.3 is 4.98 Å². The Morgan fingerprint density at radius 3 is 3.07 bits per heavy atom. The van der Waals surface area contributed by atoms with Crippen LogP contribution in [0.25, 0.3) is 11.0 Å². The summed E-state index contributed by atoms with van der Waals surface area (Å²) in [7, 11) is 0. The maximum Gasteiger partial charge on any atom is 0.201 e. The van der Waals surface area contributed by atoms with E-state index >= 15 is 0 Å². The van der Waals surface area contributed by atoms with Crippen LogP contribution in [0.2, 0.25) is 5.28 Å². The zero-order chi connectivity index (χ0) is 10.1. The number of halogens is 2. The van der Waals surface area contributed by atoms with Gasteiger partial charge in [0.25, 0.3) is 0 Å². The van der Waals surface area contributed by atoms with Crippen molar-refractivity contribution in [1.29, 1.82) is 5.26 Å². The van der Waals surface area contributed by atoms with Crippen molar-refractivity contribution in [2.24, 2.45) is 0 Å². The van der Waals surface area contributed by atoms with E-state index in [-0.39, 0.29) is 0 Å². The third kappa shape index (κ3) is 1.49. The number of nitriles is 1. The number of rotatable bonds is 1. The molecule has 0 amide bonds. The van der Waals surface area contributed by atoms with Crippen molar-refractivity contribution in [3.8, 4) is 6.07 Å². The number of aromatic amines is 1.